The van der Waals surface area contributed by atoms with Gasteiger partial charge in [0.2, 0.25) is 5.91 Å². The van der Waals surface area contributed by atoms with Crippen LogP contribution in [0.15, 0.2) is 48.6 Å². The lowest BCUT2D eigenvalue weighted by molar-refractivity contribution is -0.135. The number of carbonyl (C=O) groups is 2. The molecule has 1 amide bonds. The largest absolute Gasteiger partial charge is 0.467 e. The SMILES string of the molecule is COCOc1cc(N2CCc3c(nc(OCC4(N5CCCC5)CC4)nc3N3CCN(C(=O)/C=C/C(=O)OC)[C@@H](CC#N)C3)C2)c2ccccc2c1. The van der Waals surface area contributed by atoms with Crippen LogP contribution in [0, 0.1) is 11.3 Å². The van der Waals surface area contributed by atoms with Crippen LogP contribution >= 0.6 is 0 Å². The van der Waals surface area contributed by atoms with Crippen molar-refractivity contribution in [1.29, 1.82) is 5.26 Å². The van der Waals surface area contributed by atoms with Crippen LogP contribution in [0.2, 0.25) is 0 Å². The van der Waals surface area contributed by atoms with Crippen molar-refractivity contribution in [2.24, 2.45) is 0 Å². The highest BCUT2D eigenvalue weighted by Gasteiger charge is 2.49. The van der Waals surface area contributed by atoms with E-state index in [2.05, 4.69) is 43.7 Å². The molecule has 2 aromatic carbocycles. The second kappa shape index (κ2) is 15.1. The van der Waals surface area contributed by atoms with Gasteiger partial charge in [0.1, 0.15) is 18.2 Å². The number of anilines is 2. The summed E-state index contributed by atoms with van der Waals surface area (Å²) in [4.78, 5) is 43.6. The third kappa shape index (κ3) is 7.43. The third-order valence-electron chi connectivity index (χ3n) is 10.5. The Morgan fingerprint density at radius 2 is 1.82 bits per heavy atom. The highest BCUT2D eigenvalue weighted by Crippen LogP contribution is 2.44. The fraction of sp³-hybridized carbons (Fsp3) is 0.500. The Labute approximate surface area is 298 Å². The molecule has 1 atom stereocenters. The molecule has 4 heterocycles. The molecule has 3 fully saturated rings. The van der Waals surface area contributed by atoms with E-state index in [0.29, 0.717) is 45.2 Å². The van der Waals surface area contributed by atoms with Gasteiger partial charge in [-0.2, -0.15) is 15.2 Å². The predicted molar refractivity (Wildman–Crippen MR) is 191 cm³/mol. The van der Waals surface area contributed by atoms with Gasteiger partial charge < -0.3 is 33.6 Å². The highest BCUT2D eigenvalue weighted by molar-refractivity contribution is 5.96. The molecule has 4 aliphatic rings. The van der Waals surface area contributed by atoms with Crippen molar-refractivity contribution in [3.05, 3.63) is 59.8 Å². The molecule has 1 saturated carbocycles. The Balaban J connectivity index is 1.20. The van der Waals surface area contributed by atoms with Gasteiger partial charge in [-0.15, -0.1) is 0 Å². The summed E-state index contributed by atoms with van der Waals surface area (Å²) in [5, 5.41) is 11.9. The molecule has 0 radical (unpaired) electrons. The lowest BCUT2D eigenvalue weighted by atomic mass is 10.0. The molecule has 2 saturated heterocycles. The first-order valence-corrected chi connectivity index (χ1v) is 17.8. The topological polar surface area (TPSA) is 134 Å². The number of hydrogen-bond donors (Lipinski definition) is 0. The van der Waals surface area contributed by atoms with E-state index in [1.807, 2.05) is 18.2 Å². The predicted octanol–water partition coefficient (Wildman–Crippen LogP) is 3.84. The van der Waals surface area contributed by atoms with Gasteiger partial charge in [0.25, 0.3) is 0 Å². The molecular formula is C38H45N7O6. The maximum atomic E-state index is 13.1. The van der Waals surface area contributed by atoms with Crippen LogP contribution in [0.1, 0.15) is 43.4 Å². The number of aromatic nitrogens is 2. The van der Waals surface area contributed by atoms with Crippen LogP contribution in [-0.4, -0.2) is 110 Å². The molecule has 0 N–H and O–H groups in total. The summed E-state index contributed by atoms with van der Waals surface area (Å²) >= 11 is 0. The zero-order valence-electron chi connectivity index (χ0n) is 29.4. The zero-order valence-corrected chi connectivity index (χ0v) is 29.4. The number of hydrogen-bond acceptors (Lipinski definition) is 12. The highest BCUT2D eigenvalue weighted by atomic mass is 16.7. The van der Waals surface area contributed by atoms with Crippen molar-refractivity contribution < 1.29 is 28.5 Å². The molecule has 13 nitrogen and oxygen atoms in total. The second-order valence-electron chi connectivity index (χ2n) is 13.7. The minimum absolute atomic E-state index is 0.0606. The number of esters is 1. The fourth-order valence-corrected chi connectivity index (χ4v) is 7.66. The molecule has 1 aromatic heterocycles. The van der Waals surface area contributed by atoms with Crippen molar-refractivity contribution in [1.82, 2.24) is 19.8 Å². The molecule has 7 rings (SSSR count). The number of likely N-dealkylation sites (tertiary alicyclic amines) is 1. The molecule has 268 valence electrons. The summed E-state index contributed by atoms with van der Waals surface area (Å²) < 4.78 is 22.2. The van der Waals surface area contributed by atoms with Crippen LogP contribution in [0.25, 0.3) is 10.8 Å². The van der Waals surface area contributed by atoms with Crippen molar-refractivity contribution in [2.45, 2.75) is 56.7 Å². The van der Waals surface area contributed by atoms with E-state index in [9.17, 15) is 14.9 Å². The molecule has 1 aliphatic carbocycles. The summed E-state index contributed by atoms with van der Waals surface area (Å²) in [5.41, 5.74) is 3.07. The van der Waals surface area contributed by atoms with Gasteiger partial charge >= 0.3 is 12.0 Å². The number of nitrogens with zero attached hydrogens (tertiary/aromatic N) is 7. The zero-order chi connectivity index (χ0) is 35.4. The molecular weight excluding hydrogens is 650 g/mol. The summed E-state index contributed by atoms with van der Waals surface area (Å²) in [6.45, 7) is 5.49. The van der Waals surface area contributed by atoms with Crippen molar-refractivity contribution >= 4 is 34.2 Å². The normalized spacial score (nSPS) is 19.9. The van der Waals surface area contributed by atoms with Crippen LogP contribution < -0.4 is 19.3 Å². The van der Waals surface area contributed by atoms with Crippen molar-refractivity contribution in [2.75, 3.05) is 76.7 Å². The molecule has 51 heavy (non-hydrogen) atoms. The quantitative estimate of drug-likeness (QED) is 0.155. The number of ether oxygens (including phenoxy) is 4. The molecule has 0 bridgehead atoms. The van der Waals surface area contributed by atoms with Gasteiger partial charge in [0.05, 0.1) is 43.4 Å². The number of fused-ring (bicyclic) bond motifs is 2. The minimum atomic E-state index is -0.604. The summed E-state index contributed by atoms with van der Waals surface area (Å²) in [6.07, 6.45) is 7.85. The lowest BCUT2D eigenvalue weighted by Crippen LogP contribution is -2.55. The van der Waals surface area contributed by atoms with E-state index in [1.165, 1.54) is 26.0 Å². The van der Waals surface area contributed by atoms with E-state index in [1.54, 1.807) is 12.0 Å². The smallest absolute Gasteiger partial charge is 0.330 e. The fourth-order valence-electron chi connectivity index (χ4n) is 7.66. The van der Waals surface area contributed by atoms with Gasteiger partial charge in [-0.25, -0.2) is 4.79 Å². The number of nitriles is 1. The molecule has 0 spiro atoms. The van der Waals surface area contributed by atoms with E-state index in [0.717, 1.165) is 77.8 Å². The number of piperazine rings is 1. The maximum Gasteiger partial charge on any atom is 0.330 e. The van der Waals surface area contributed by atoms with Gasteiger partial charge in [0.15, 0.2) is 6.79 Å². The van der Waals surface area contributed by atoms with E-state index in [-0.39, 0.29) is 30.7 Å². The molecule has 13 heteroatoms. The third-order valence-corrected chi connectivity index (χ3v) is 10.5. The Bertz CT molecular complexity index is 1830. The summed E-state index contributed by atoms with van der Waals surface area (Å²) in [6, 6.07) is 14.6. The van der Waals surface area contributed by atoms with Gasteiger partial charge in [-0.3, -0.25) is 9.69 Å². The standard InChI is InChI=1S/C38H45N7O6/c1-48-26-51-29-21-27-7-3-4-8-30(27)33(22-29)42-18-12-31-32(24-42)40-37(50-25-38(13-14-38)44-16-5-6-17-44)41-36(31)43-19-20-45(28(23-43)11-15-39)34(46)9-10-35(47)49-2/h3-4,7-10,21-22,28H,5-6,11-14,16-20,23-26H2,1-2H3/b10-9+/t28-/m0/s1. The minimum Gasteiger partial charge on any atom is -0.467 e. The van der Waals surface area contributed by atoms with Gasteiger partial charge in [0, 0.05) is 68.1 Å². The monoisotopic (exact) mass is 695 g/mol. The first kappa shape index (κ1) is 34.5. The summed E-state index contributed by atoms with van der Waals surface area (Å²) in [5.74, 6) is 0.596. The Morgan fingerprint density at radius 3 is 2.59 bits per heavy atom. The average Bonchev–Trinajstić information content (AvgIpc) is 3.74. The van der Waals surface area contributed by atoms with Crippen molar-refractivity contribution in [3.8, 4) is 17.8 Å². The van der Waals surface area contributed by atoms with E-state index >= 15 is 0 Å². The van der Waals surface area contributed by atoms with Crippen LogP contribution in [0.5, 0.6) is 11.8 Å². The molecule has 0 unspecified atom stereocenters. The van der Waals surface area contributed by atoms with Gasteiger partial charge in [-0.1, -0.05) is 24.3 Å². The number of benzene rings is 2. The second-order valence-corrected chi connectivity index (χ2v) is 13.7. The Morgan fingerprint density at radius 1 is 1.00 bits per heavy atom. The van der Waals surface area contributed by atoms with Crippen LogP contribution in [0.4, 0.5) is 11.5 Å². The number of methoxy groups -OCH3 is 2. The average molecular weight is 696 g/mol. The number of amides is 1. The molecule has 3 aliphatic heterocycles. The van der Waals surface area contributed by atoms with E-state index < -0.39 is 5.97 Å². The first-order valence-electron chi connectivity index (χ1n) is 17.8. The van der Waals surface area contributed by atoms with Crippen molar-refractivity contribution in [3.63, 3.8) is 0 Å². The molecule has 3 aromatic rings. The summed E-state index contributed by atoms with van der Waals surface area (Å²) in [7, 11) is 2.88. The number of rotatable bonds is 12. The van der Waals surface area contributed by atoms with Crippen LogP contribution in [-0.2, 0) is 32.0 Å². The Hall–Kier alpha value is -4.93. The maximum absolute atomic E-state index is 13.1. The van der Waals surface area contributed by atoms with Gasteiger partial charge in [-0.05, 0) is 56.6 Å². The lowest BCUT2D eigenvalue weighted by Gasteiger charge is -2.42. The number of carbonyl (C=O) groups excluding carboxylic acids is 2. The first-order chi connectivity index (χ1) is 24.9. The van der Waals surface area contributed by atoms with Crippen LogP contribution in [0.3, 0.4) is 0 Å². The Kier molecular flexibility index (Phi) is 10.2. The van der Waals surface area contributed by atoms with E-state index in [4.69, 9.17) is 24.2 Å².